The van der Waals surface area contributed by atoms with E-state index in [1.807, 2.05) is 24.3 Å². The zero-order valence-electron chi connectivity index (χ0n) is 26.1. The molecule has 4 rings (SSSR count). The van der Waals surface area contributed by atoms with Gasteiger partial charge >= 0.3 is 0 Å². The van der Waals surface area contributed by atoms with E-state index in [9.17, 15) is 10.1 Å². The third-order valence-electron chi connectivity index (χ3n) is 7.80. The summed E-state index contributed by atoms with van der Waals surface area (Å²) >= 11 is 0. The standard InChI is InChI=1S/C32H47N3O9/c1-24(44-35(36)37)22-42-30-20-33-21-31(32(30)26-8-10-27(11-9-26)40-17-5-4-15-38-2)43-23-25-7-12-29-28(19-25)34(14-18-41-29)13-6-16-39-3/h7-12,19,24,30-33H,4-6,13-18,20-23H2,1-3H3/t24-,30-,31+,32+/m1/s1. The smallest absolute Gasteiger partial charge is 0.294 e. The van der Waals surface area contributed by atoms with Gasteiger partial charge in [-0.3, -0.25) is 0 Å². The number of rotatable bonds is 19. The first-order valence-corrected chi connectivity index (χ1v) is 15.4. The fraction of sp³-hybridized carbons (Fsp3) is 0.625. The van der Waals surface area contributed by atoms with Gasteiger partial charge in [-0.15, -0.1) is 10.1 Å². The molecular weight excluding hydrogens is 570 g/mol. The second-order valence-corrected chi connectivity index (χ2v) is 11.1. The lowest BCUT2D eigenvalue weighted by molar-refractivity contribution is -0.768. The predicted octanol–water partition coefficient (Wildman–Crippen LogP) is 3.98. The van der Waals surface area contributed by atoms with Gasteiger partial charge in [0.05, 0.1) is 44.3 Å². The van der Waals surface area contributed by atoms with Crippen LogP contribution in [-0.2, 0) is 30.4 Å². The number of hydrogen-bond acceptors (Lipinski definition) is 11. The summed E-state index contributed by atoms with van der Waals surface area (Å²) in [5.41, 5.74) is 3.18. The third kappa shape index (κ3) is 10.2. The normalized spacial score (nSPS) is 20.4. The lowest BCUT2D eigenvalue weighted by atomic mass is 9.85. The number of ether oxygens (including phenoxy) is 6. The molecule has 2 aliphatic rings. The monoisotopic (exact) mass is 617 g/mol. The minimum atomic E-state index is -0.785. The van der Waals surface area contributed by atoms with Crippen LogP contribution in [0.3, 0.4) is 0 Å². The molecule has 1 N–H and O–H groups in total. The van der Waals surface area contributed by atoms with Gasteiger partial charge in [-0.2, -0.15) is 0 Å². The van der Waals surface area contributed by atoms with Crippen LogP contribution >= 0.6 is 0 Å². The SMILES string of the molecule is COCCCCOc1ccc([C@@H]2[C@@H](OCc3ccc4c(c3)N(CCCOC)CCO4)CNC[C@H]2OC[C@@H](C)O[N+](=O)[O-])cc1. The number of fused-ring (bicyclic) bond motifs is 1. The molecular formula is C32H47N3O9. The Bertz CT molecular complexity index is 1140. The van der Waals surface area contributed by atoms with Crippen LogP contribution < -0.4 is 19.7 Å². The molecule has 0 saturated carbocycles. The highest BCUT2D eigenvalue weighted by Crippen LogP contribution is 2.35. The number of piperidine rings is 1. The molecule has 1 fully saturated rings. The fourth-order valence-electron chi connectivity index (χ4n) is 5.62. The average Bonchev–Trinajstić information content (AvgIpc) is 3.03. The second-order valence-electron chi connectivity index (χ2n) is 11.1. The first-order chi connectivity index (χ1) is 21.5. The summed E-state index contributed by atoms with van der Waals surface area (Å²) in [5, 5.41) is 13.5. The van der Waals surface area contributed by atoms with Crippen LogP contribution in [0.5, 0.6) is 11.5 Å². The molecule has 44 heavy (non-hydrogen) atoms. The molecule has 0 unspecified atom stereocenters. The quantitative estimate of drug-likeness (QED) is 0.140. The minimum Gasteiger partial charge on any atom is -0.494 e. The molecule has 2 aromatic carbocycles. The molecule has 2 aliphatic heterocycles. The van der Waals surface area contributed by atoms with Crippen molar-refractivity contribution < 1.29 is 38.3 Å². The van der Waals surface area contributed by atoms with E-state index in [0.717, 1.165) is 67.3 Å². The molecule has 0 spiro atoms. The van der Waals surface area contributed by atoms with E-state index in [1.54, 1.807) is 21.1 Å². The highest BCUT2D eigenvalue weighted by Gasteiger charge is 2.36. The van der Waals surface area contributed by atoms with Gasteiger partial charge in [0, 0.05) is 53.0 Å². The second kappa shape index (κ2) is 18.0. The Kier molecular flexibility index (Phi) is 13.8. The maximum atomic E-state index is 10.8. The van der Waals surface area contributed by atoms with Crippen molar-refractivity contribution in [2.75, 3.05) is 78.3 Å². The number of benzene rings is 2. The van der Waals surface area contributed by atoms with Crippen molar-refractivity contribution in [1.82, 2.24) is 5.32 Å². The zero-order valence-corrected chi connectivity index (χ0v) is 26.1. The summed E-state index contributed by atoms with van der Waals surface area (Å²) in [7, 11) is 3.42. The molecule has 0 bridgehead atoms. The lowest BCUT2D eigenvalue weighted by Crippen LogP contribution is -2.51. The van der Waals surface area contributed by atoms with E-state index in [2.05, 4.69) is 33.3 Å². The van der Waals surface area contributed by atoms with Crippen LogP contribution in [0.2, 0.25) is 0 Å². The Morgan fingerprint density at radius 3 is 2.48 bits per heavy atom. The van der Waals surface area contributed by atoms with E-state index < -0.39 is 11.2 Å². The van der Waals surface area contributed by atoms with Crippen molar-refractivity contribution in [3.8, 4) is 11.5 Å². The van der Waals surface area contributed by atoms with Gasteiger partial charge < -0.3 is 43.5 Å². The summed E-state index contributed by atoms with van der Waals surface area (Å²) in [4.78, 5) is 17.8. The highest BCUT2D eigenvalue weighted by molar-refractivity contribution is 5.61. The molecule has 0 aromatic heterocycles. The van der Waals surface area contributed by atoms with Crippen molar-refractivity contribution >= 4 is 5.69 Å². The number of methoxy groups -OCH3 is 2. The molecule has 0 aliphatic carbocycles. The first-order valence-electron chi connectivity index (χ1n) is 15.4. The molecule has 2 heterocycles. The van der Waals surface area contributed by atoms with Crippen LogP contribution in [0, 0.1) is 10.1 Å². The predicted molar refractivity (Wildman–Crippen MR) is 165 cm³/mol. The van der Waals surface area contributed by atoms with Gasteiger partial charge in [0.1, 0.15) is 24.2 Å². The molecule has 12 heteroatoms. The topological polar surface area (TPSA) is 123 Å². The average molecular weight is 618 g/mol. The molecule has 0 radical (unpaired) electrons. The van der Waals surface area contributed by atoms with Gasteiger partial charge in [0.25, 0.3) is 5.09 Å². The number of anilines is 1. The summed E-state index contributed by atoms with van der Waals surface area (Å²) in [5.74, 6) is 1.57. The van der Waals surface area contributed by atoms with Crippen molar-refractivity contribution in [1.29, 1.82) is 0 Å². The van der Waals surface area contributed by atoms with Gasteiger partial charge in [-0.1, -0.05) is 18.2 Å². The Hall–Kier alpha value is -3.16. The van der Waals surface area contributed by atoms with E-state index in [1.165, 1.54) is 0 Å². The van der Waals surface area contributed by atoms with Crippen LogP contribution in [0.25, 0.3) is 0 Å². The zero-order chi connectivity index (χ0) is 31.1. The third-order valence-corrected chi connectivity index (χ3v) is 7.80. The van der Waals surface area contributed by atoms with Gasteiger partial charge in [-0.05, 0) is 61.6 Å². The maximum absolute atomic E-state index is 10.8. The molecule has 1 saturated heterocycles. The van der Waals surface area contributed by atoms with Gasteiger partial charge in [-0.25, -0.2) is 0 Å². The molecule has 0 amide bonds. The summed E-state index contributed by atoms with van der Waals surface area (Å²) < 4.78 is 35.0. The molecule has 2 aromatic rings. The van der Waals surface area contributed by atoms with E-state index >= 15 is 0 Å². The number of unbranched alkanes of at least 4 members (excludes halogenated alkanes) is 1. The van der Waals surface area contributed by atoms with Crippen LogP contribution in [0.1, 0.15) is 43.2 Å². The first kappa shape index (κ1) is 33.7. The summed E-state index contributed by atoms with van der Waals surface area (Å²) in [6, 6.07) is 14.3. The number of hydrogen-bond donors (Lipinski definition) is 1. The largest absolute Gasteiger partial charge is 0.494 e. The maximum Gasteiger partial charge on any atom is 0.294 e. The number of nitrogens with zero attached hydrogens (tertiary/aromatic N) is 2. The molecule has 12 nitrogen and oxygen atoms in total. The summed E-state index contributed by atoms with van der Waals surface area (Å²) in [6.07, 6.45) is 1.64. The fourth-order valence-corrected chi connectivity index (χ4v) is 5.62. The minimum absolute atomic E-state index is 0.0863. The van der Waals surface area contributed by atoms with Gasteiger partial charge in [0.2, 0.25) is 0 Å². The van der Waals surface area contributed by atoms with E-state index in [0.29, 0.717) is 39.5 Å². The van der Waals surface area contributed by atoms with Crippen LogP contribution in [0.4, 0.5) is 5.69 Å². The number of nitrogens with one attached hydrogen (secondary N) is 1. The molecule has 244 valence electrons. The Balaban J connectivity index is 1.45. The van der Waals surface area contributed by atoms with Crippen molar-refractivity contribution in [2.24, 2.45) is 0 Å². The van der Waals surface area contributed by atoms with Crippen molar-refractivity contribution in [3.05, 3.63) is 63.7 Å². The van der Waals surface area contributed by atoms with Gasteiger partial charge in [0.15, 0.2) is 0 Å². The van der Waals surface area contributed by atoms with Crippen LogP contribution in [0.15, 0.2) is 42.5 Å². The summed E-state index contributed by atoms with van der Waals surface area (Å²) in [6.45, 7) is 7.80. The Labute approximate surface area is 259 Å². The molecule has 4 atom stereocenters. The van der Waals surface area contributed by atoms with E-state index in [4.69, 9.17) is 28.4 Å². The Morgan fingerprint density at radius 1 is 1.00 bits per heavy atom. The highest BCUT2D eigenvalue weighted by atomic mass is 17.0. The van der Waals surface area contributed by atoms with E-state index in [-0.39, 0.29) is 24.7 Å². The lowest BCUT2D eigenvalue weighted by Gasteiger charge is -2.39. The Morgan fingerprint density at radius 2 is 1.73 bits per heavy atom. The van der Waals surface area contributed by atoms with Crippen molar-refractivity contribution in [3.63, 3.8) is 0 Å². The van der Waals surface area contributed by atoms with Crippen LogP contribution in [-0.4, -0.2) is 96.8 Å². The van der Waals surface area contributed by atoms with Crippen molar-refractivity contribution in [2.45, 2.75) is 57.0 Å².